The topological polar surface area (TPSA) is 35.5 Å². The summed E-state index contributed by atoms with van der Waals surface area (Å²) < 4.78 is 10.4. The molecule has 0 aliphatic carbocycles. The van der Waals surface area contributed by atoms with Crippen LogP contribution < -0.4 is 0 Å². The molecule has 3 nitrogen and oxygen atoms in total. The molecule has 15 heavy (non-hydrogen) atoms. The summed E-state index contributed by atoms with van der Waals surface area (Å²) in [6.07, 6.45) is -0.330. The molecule has 0 aliphatic heterocycles. The van der Waals surface area contributed by atoms with E-state index in [4.69, 9.17) is 21.1 Å². The highest BCUT2D eigenvalue weighted by Gasteiger charge is 2.36. The Labute approximate surface area is 97.1 Å². The zero-order valence-corrected chi connectivity index (χ0v) is 10.9. The Morgan fingerprint density at radius 1 is 1.27 bits per heavy atom. The average molecular weight is 237 g/mol. The normalized spacial score (nSPS) is 15.9. The van der Waals surface area contributed by atoms with E-state index in [9.17, 15) is 4.79 Å². The van der Waals surface area contributed by atoms with Gasteiger partial charge < -0.3 is 9.47 Å². The summed E-state index contributed by atoms with van der Waals surface area (Å²) in [5.41, 5.74) is -0.185. The molecular formula is C11H21ClO3. The van der Waals surface area contributed by atoms with Gasteiger partial charge in [-0.05, 0) is 19.3 Å². The van der Waals surface area contributed by atoms with Crippen molar-refractivity contribution in [2.45, 2.75) is 46.1 Å². The summed E-state index contributed by atoms with van der Waals surface area (Å²) >= 11 is 6.04. The van der Waals surface area contributed by atoms with Crippen LogP contribution in [0.3, 0.4) is 0 Å². The van der Waals surface area contributed by atoms with E-state index in [2.05, 4.69) is 0 Å². The maximum absolute atomic E-state index is 11.5. The molecule has 0 rings (SSSR count). The smallest absolute Gasteiger partial charge is 0.326 e. The van der Waals surface area contributed by atoms with Gasteiger partial charge in [-0.15, -0.1) is 11.6 Å². The van der Waals surface area contributed by atoms with Crippen LogP contribution in [0.4, 0.5) is 0 Å². The fourth-order valence-corrected chi connectivity index (χ4v) is 1.81. The first-order chi connectivity index (χ1) is 6.84. The molecule has 0 aromatic heterocycles. The van der Waals surface area contributed by atoms with Crippen molar-refractivity contribution in [2.24, 2.45) is 5.41 Å². The molecule has 0 aromatic carbocycles. The molecule has 0 radical (unpaired) electrons. The lowest BCUT2D eigenvalue weighted by Crippen LogP contribution is -2.42. The van der Waals surface area contributed by atoms with Crippen LogP contribution in [0.2, 0.25) is 0 Å². The summed E-state index contributed by atoms with van der Waals surface area (Å²) in [6, 6.07) is 0. The van der Waals surface area contributed by atoms with Crippen LogP contribution in [-0.4, -0.2) is 30.7 Å². The summed E-state index contributed by atoms with van der Waals surface area (Å²) in [4.78, 5) is 11.5. The molecule has 4 heteroatoms. The standard InChI is InChI=1S/C11H21ClO3/c1-6-14-9(11(3,4)5)8(12)10(13)15-7-2/h8-9H,6-7H2,1-5H3. The molecule has 0 fully saturated rings. The summed E-state index contributed by atoms with van der Waals surface area (Å²) in [6.45, 7) is 10.5. The molecule has 0 aromatic rings. The molecule has 0 amide bonds. The zero-order chi connectivity index (χ0) is 12.1. The number of hydrogen-bond donors (Lipinski definition) is 0. The molecule has 0 spiro atoms. The monoisotopic (exact) mass is 236 g/mol. The van der Waals surface area contributed by atoms with Crippen molar-refractivity contribution in [3.8, 4) is 0 Å². The van der Waals surface area contributed by atoms with Gasteiger partial charge >= 0.3 is 5.97 Å². The van der Waals surface area contributed by atoms with Crippen LogP contribution in [0.1, 0.15) is 34.6 Å². The highest BCUT2D eigenvalue weighted by Crippen LogP contribution is 2.28. The van der Waals surface area contributed by atoms with Gasteiger partial charge in [-0.3, -0.25) is 4.79 Å². The lowest BCUT2D eigenvalue weighted by Gasteiger charge is -2.32. The minimum Gasteiger partial charge on any atom is -0.465 e. The second-order valence-electron chi connectivity index (χ2n) is 4.40. The number of rotatable bonds is 5. The summed E-state index contributed by atoms with van der Waals surface area (Å²) in [5.74, 6) is -0.410. The molecule has 0 aliphatic rings. The molecule has 0 heterocycles. The van der Waals surface area contributed by atoms with Gasteiger partial charge in [-0.25, -0.2) is 0 Å². The van der Waals surface area contributed by atoms with Crippen LogP contribution in [0.5, 0.6) is 0 Å². The van der Waals surface area contributed by atoms with E-state index in [0.717, 1.165) is 0 Å². The van der Waals surface area contributed by atoms with Crippen LogP contribution in [-0.2, 0) is 14.3 Å². The Bertz CT molecular complexity index is 198. The van der Waals surface area contributed by atoms with Gasteiger partial charge in [0.05, 0.1) is 12.7 Å². The first-order valence-corrected chi connectivity index (χ1v) is 5.70. The SMILES string of the molecule is CCOC(=O)C(Cl)C(OCC)C(C)(C)C. The predicted octanol–water partition coefficient (Wildman–Crippen LogP) is 2.61. The fraction of sp³-hybridized carbons (Fsp3) is 0.909. The van der Waals surface area contributed by atoms with Gasteiger partial charge in [-0.2, -0.15) is 0 Å². The van der Waals surface area contributed by atoms with Gasteiger partial charge in [0.1, 0.15) is 0 Å². The third-order valence-corrected chi connectivity index (χ3v) is 2.38. The number of alkyl halides is 1. The van der Waals surface area contributed by atoms with Crippen molar-refractivity contribution in [3.63, 3.8) is 0 Å². The third-order valence-electron chi connectivity index (χ3n) is 1.98. The lowest BCUT2D eigenvalue weighted by atomic mass is 9.87. The number of carbonyl (C=O) groups is 1. The van der Waals surface area contributed by atoms with E-state index in [1.807, 2.05) is 27.7 Å². The van der Waals surface area contributed by atoms with Crippen molar-refractivity contribution < 1.29 is 14.3 Å². The lowest BCUT2D eigenvalue weighted by molar-refractivity contribution is -0.148. The summed E-state index contributed by atoms with van der Waals surface area (Å²) in [5, 5.41) is -0.745. The second kappa shape index (κ2) is 6.33. The quantitative estimate of drug-likeness (QED) is 0.544. The van der Waals surface area contributed by atoms with Gasteiger partial charge in [0.2, 0.25) is 0 Å². The van der Waals surface area contributed by atoms with Gasteiger partial charge in [0, 0.05) is 6.61 Å². The molecule has 0 saturated heterocycles. The minimum absolute atomic E-state index is 0.185. The van der Waals surface area contributed by atoms with Crippen LogP contribution >= 0.6 is 11.6 Å². The predicted molar refractivity (Wildman–Crippen MR) is 61.1 cm³/mol. The maximum Gasteiger partial charge on any atom is 0.326 e. The molecule has 0 bridgehead atoms. The Morgan fingerprint density at radius 3 is 2.13 bits per heavy atom. The average Bonchev–Trinajstić information content (AvgIpc) is 2.11. The van der Waals surface area contributed by atoms with E-state index in [1.165, 1.54) is 0 Å². The van der Waals surface area contributed by atoms with Gasteiger partial charge in [-0.1, -0.05) is 20.8 Å². The number of carbonyl (C=O) groups excluding carboxylic acids is 1. The van der Waals surface area contributed by atoms with E-state index in [-0.39, 0.29) is 11.5 Å². The highest BCUT2D eigenvalue weighted by molar-refractivity contribution is 6.30. The number of halogens is 1. The van der Waals surface area contributed by atoms with Gasteiger partial charge in [0.15, 0.2) is 5.38 Å². The Kier molecular flexibility index (Phi) is 6.22. The van der Waals surface area contributed by atoms with Crippen LogP contribution in [0.25, 0.3) is 0 Å². The largest absolute Gasteiger partial charge is 0.465 e. The Balaban J connectivity index is 4.55. The van der Waals surface area contributed by atoms with Gasteiger partial charge in [0.25, 0.3) is 0 Å². The molecule has 90 valence electrons. The molecule has 2 atom stereocenters. The number of esters is 1. The summed E-state index contributed by atoms with van der Waals surface area (Å²) in [7, 11) is 0. The van der Waals surface area contributed by atoms with E-state index < -0.39 is 11.3 Å². The third kappa shape index (κ3) is 4.85. The van der Waals surface area contributed by atoms with E-state index in [0.29, 0.717) is 13.2 Å². The van der Waals surface area contributed by atoms with Crippen molar-refractivity contribution in [2.75, 3.05) is 13.2 Å². The molecule has 2 unspecified atom stereocenters. The second-order valence-corrected chi connectivity index (χ2v) is 4.87. The van der Waals surface area contributed by atoms with E-state index >= 15 is 0 Å². The van der Waals surface area contributed by atoms with Crippen LogP contribution in [0.15, 0.2) is 0 Å². The maximum atomic E-state index is 11.5. The molecule has 0 N–H and O–H groups in total. The number of hydrogen-bond acceptors (Lipinski definition) is 3. The van der Waals surface area contributed by atoms with E-state index in [1.54, 1.807) is 6.92 Å². The molecular weight excluding hydrogens is 216 g/mol. The van der Waals surface area contributed by atoms with Crippen molar-refractivity contribution in [1.82, 2.24) is 0 Å². The first kappa shape index (κ1) is 14.7. The fourth-order valence-electron chi connectivity index (χ4n) is 1.30. The van der Waals surface area contributed by atoms with Crippen molar-refractivity contribution in [1.29, 1.82) is 0 Å². The minimum atomic E-state index is -0.745. The Morgan fingerprint density at radius 2 is 1.80 bits per heavy atom. The molecule has 0 saturated carbocycles. The van der Waals surface area contributed by atoms with Crippen LogP contribution in [0, 0.1) is 5.41 Å². The number of ether oxygens (including phenoxy) is 2. The Hall–Kier alpha value is -0.280. The zero-order valence-electron chi connectivity index (χ0n) is 10.2. The first-order valence-electron chi connectivity index (χ1n) is 5.26. The van der Waals surface area contributed by atoms with Crippen molar-refractivity contribution in [3.05, 3.63) is 0 Å². The highest BCUT2D eigenvalue weighted by atomic mass is 35.5. The van der Waals surface area contributed by atoms with Crippen molar-refractivity contribution >= 4 is 17.6 Å².